The molecule has 0 saturated carbocycles. The normalized spacial score (nSPS) is 17.3. The zero-order valence-corrected chi connectivity index (χ0v) is 23.4. The second-order valence-electron chi connectivity index (χ2n) is 10.0. The zero-order valence-electron chi connectivity index (χ0n) is 23.4. The lowest BCUT2D eigenvalue weighted by Crippen LogP contribution is -2.55. The molecule has 3 aromatic rings. The molecule has 0 aromatic heterocycles. The molecule has 218 valence electrons. The number of nitrogens with zero attached hydrogens (tertiary/aromatic N) is 2. The van der Waals surface area contributed by atoms with Crippen molar-refractivity contribution in [3.05, 3.63) is 101 Å². The lowest BCUT2D eigenvalue weighted by Gasteiger charge is -2.39. The molecule has 0 radical (unpaired) electrons. The smallest absolute Gasteiger partial charge is 0.416 e. The van der Waals surface area contributed by atoms with Crippen molar-refractivity contribution in [1.29, 1.82) is 0 Å². The molecule has 0 aliphatic carbocycles. The minimum absolute atomic E-state index is 0.0794. The Bertz CT molecular complexity index is 1520. The highest BCUT2D eigenvalue weighted by Crippen LogP contribution is 2.41. The molecular formula is C32H32N2O8. The number of fused-ring (bicyclic) bond motifs is 3. The quantitative estimate of drug-likeness (QED) is 0.318. The number of esters is 1. The van der Waals surface area contributed by atoms with Crippen LogP contribution in [0.3, 0.4) is 0 Å². The number of amides is 2. The molecular weight excluding hydrogens is 540 g/mol. The Balaban J connectivity index is 1.53. The van der Waals surface area contributed by atoms with Gasteiger partial charge in [0.25, 0.3) is 5.91 Å². The number of anilines is 1. The fourth-order valence-electron chi connectivity index (χ4n) is 5.33. The molecule has 10 nitrogen and oxygen atoms in total. The van der Waals surface area contributed by atoms with Crippen molar-refractivity contribution in [2.75, 3.05) is 25.7 Å². The van der Waals surface area contributed by atoms with Crippen molar-refractivity contribution in [3.63, 3.8) is 0 Å². The predicted octanol–water partition coefficient (Wildman–Crippen LogP) is 4.02. The topological polar surface area (TPSA) is 115 Å². The van der Waals surface area contributed by atoms with Gasteiger partial charge in [0.2, 0.25) is 0 Å². The number of methoxy groups -OCH3 is 2. The minimum atomic E-state index is -1.41. The van der Waals surface area contributed by atoms with E-state index in [1.165, 1.54) is 32.4 Å². The zero-order chi connectivity index (χ0) is 29.8. The minimum Gasteiger partial charge on any atom is -0.493 e. The molecule has 0 bridgehead atoms. The van der Waals surface area contributed by atoms with Crippen molar-refractivity contribution in [2.24, 2.45) is 0 Å². The van der Waals surface area contributed by atoms with Gasteiger partial charge < -0.3 is 29.0 Å². The summed E-state index contributed by atoms with van der Waals surface area (Å²) < 4.78 is 21.8. The average Bonchev–Trinajstić information content (AvgIpc) is 3.09. The maximum absolute atomic E-state index is 14.0. The second kappa shape index (κ2) is 12.4. The molecule has 42 heavy (non-hydrogen) atoms. The molecule has 0 saturated heterocycles. The van der Waals surface area contributed by atoms with Crippen LogP contribution in [0, 0.1) is 0 Å². The van der Waals surface area contributed by atoms with E-state index in [4.69, 9.17) is 18.9 Å². The third kappa shape index (κ3) is 5.66. The van der Waals surface area contributed by atoms with Crippen LogP contribution in [0.25, 0.3) is 0 Å². The molecule has 2 aliphatic heterocycles. The maximum atomic E-state index is 14.0. The van der Waals surface area contributed by atoms with Crippen LogP contribution in [0.5, 0.6) is 11.5 Å². The van der Waals surface area contributed by atoms with Crippen molar-refractivity contribution < 1.29 is 38.4 Å². The number of hydrogen-bond acceptors (Lipinski definition) is 8. The highest BCUT2D eigenvalue weighted by atomic mass is 16.6. The first kappa shape index (κ1) is 28.7. The summed E-state index contributed by atoms with van der Waals surface area (Å²) in [7, 11) is 2.79. The first-order valence-electron chi connectivity index (χ1n) is 13.5. The van der Waals surface area contributed by atoms with Crippen LogP contribution in [-0.4, -0.2) is 61.1 Å². The summed E-state index contributed by atoms with van der Waals surface area (Å²) >= 11 is 0. The van der Waals surface area contributed by atoms with E-state index in [1.807, 2.05) is 48.5 Å². The van der Waals surface area contributed by atoms with Gasteiger partial charge in [0.15, 0.2) is 17.7 Å². The molecule has 2 atom stereocenters. The number of benzene rings is 3. The molecule has 2 amide bonds. The van der Waals surface area contributed by atoms with Crippen LogP contribution in [-0.2, 0) is 40.3 Å². The number of carbonyl (C=O) groups is 3. The fraction of sp³-hybridized carbons (Fsp3) is 0.281. The van der Waals surface area contributed by atoms with E-state index in [0.717, 1.165) is 27.2 Å². The van der Waals surface area contributed by atoms with Gasteiger partial charge in [0.05, 0.1) is 37.9 Å². The van der Waals surface area contributed by atoms with Gasteiger partial charge in [-0.2, -0.15) is 0 Å². The molecule has 1 unspecified atom stereocenters. The number of ether oxygens (including phenoxy) is 4. The Kier molecular flexibility index (Phi) is 8.44. The van der Waals surface area contributed by atoms with Crippen molar-refractivity contribution in [2.45, 2.75) is 38.3 Å². The monoisotopic (exact) mass is 572 g/mol. The van der Waals surface area contributed by atoms with Crippen LogP contribution in [0.4, 0.5) is 10.5 Å². The van der Waals surface area contributed by atoms with Crippen LogP contribution in [0.15, 0.2) is 73.3 Å². The Hall–Kier alpha value is -4.83. The SMILES string of the molecule is C=CCOC(=O)N1c2cc(OCc3cccc(CC(=O)OC)c3)c(OC)cc2C(=O)N2Cc3ccccc3C[C@H]2C1O. The Morgan fingerprint density at radius 1 is 1.02 bits per heavy atom. The third-order valence-corrected chi connectivity index (χ3v) is 7.41. The number of aliphatic hydroxyl groups excluding tert-OH is 1. The van der Waals surface area contributed by atoms with Gasteiger partial charge in [-0.1, -0.05) is 61.2 Å². The summed E-state index contributed by atoms with van der Waals surface area (Å²) in [5.74, 6) is -0.189. The number of aliphatic hydroxyl groups is 1. The van der Waals surface area contributed by atoms with Gasteiger partial charge in [0, 0.05) is 12.6 Å². The molecule has 0 spiro atoms. The molecule has 0 fully saturated rings. The third-order valence-electron chi connectivity index (χ3n) is 7.41. The van der Waals surface area contributed by atoms with Crippen molar-refractivity contribution in [1.82, 2.24) is 4.90 Å². The van der Waals surface area contributed by atoms with Crippen molar-refractivity contribution in [3.8, 4) is 11.5 Å². The molecule has 2 heterocycles. The van der Waals surface area contributed by atoms with Gasteiger partial charge >= 0.3 is 12.1 Å². The lowest BCUT2D eigenvalue weighted by molar-refractivity contribution is -0.139. The number of carbonyl (C=O) groups excluding carboxylic acids is 3. The van der Waals surface area contributed by atoms with E-state index < -0.39 is 18.4 Å². The molecule has 3 aromatic carbocycles. The van der Waals surface area contributed by atoms with E-state index in [-0.39, 0.29) is 60.8 Å². The highest BCUT2D eigenvalue weighted by Gasteiger charge is 2.45. The summed E-state index contributed by atoms with van der Waals surface area (Å²) in [6.07, 6.45) is -0.338. The van der Waals surface area contributed by atoms with Crippen LogP contribution in [0.2, 0.25) is 0 Å². The fourth-order valence-corrected chi connectivity index (χ4v) is 5.33. The molecule has 10 heteroatoms. The maximum Gasteiger partial charge on any atom is 0.416 e. The Labute approximate surface area is 243 Å². The molecule has 2 aliphatic rings. The van der Waals surface area contributed by atoms with E-state index in [1.54, 1.807) is 4.90 Å². The standard InChI is InChI=1S/C32H32N2O8/c1-4-12-41-32(38)34-25-17-28(42-19-21-9-7-8-20(13-21)14-29(35)40-3)27(39-2)16-24(25)30(36)33-18-23-11-6-5-10-22(23)15-26(33)31(34)37/h4-11,13,16-17,26,31,37H,1,12,14-15,18-19H2,2-3H3/t26-,31?/m0/s1. The lowest BCUT2D eigenvalue weighted by atomic mass is 9.93. The van der Waals surface area contributed by atoms with E-state index >= 15 is 0 Å². The van der Waals surface area contributed by atoms with Gasteiger partial charge in [-0.3, -0.25) is 9.59 Å². The van der Waals surface area contributed by atoms with E-state index in [0.29, 0.717) is 6.42 Å². The van der Waals surface area contributed by atoms with Gasteiger partial charge in [-0.25, -0.2) is 9.69 Å². The van der Waals surface area contributed by atoms with Gasteiger partial charge in [-0.05, 0) is 34.7 Å². The Morgan fingerprint density at radius 2 is 1.79 bits per heavy atom. The molecule has 5 rings (SSSR count). The second-order valence-corrected chi connectivity index (χ2v) is 10.0. The predicted molar refractivity (Wildman–Crippen MR) is 153 cm³/mol. The van der Waals surface area contributed by atoms with Crippen LogP contribution >= 0.6 is 0 Å². The summed E-state index contributed by atoms with van der Waals surface area (Å²) in [4.78, 5) is 41.8. The highest BCUT2D eigenvalue weighted by molar-refractivity contribution is 6.06. The largest absolute Gasteiger partial charge is 0.493 e. The Morgan fingerprint density at radius 3 is 2.52 bits per heavy atom. The summed E-state index contributed by atoms with van der Waals surface area (Å²) in [5, 5.41) is 11.6. The van der Waals surface area contributed by atoms with Crippen molar-refractivity contribution >= 4 is 23.7 Å². The van der Waals surface area contributed by atoms with Crippen LogP contribution in [0.1, 0.15) is 32.6 Å². The van der Waals surface area contributed by atoms with Gasteiger partial charge in [0.1, 0.15) is 13.2 Å². The van der Waals surface area contributed by atoms with E-state index in [9.17, 15) is 19.5 Å². The summed E-state index contributed by atoms with van der Waals surface area (Å²) in [6.45, 7) is 3.89. The summed E-state index contributed by atoms with van der Waals surface area (Å²) in [5.41, 5.74) is 3.80. The first-order valence-corrected chi connectivity index (χ1v) is 13.5. The molecule has 1 N–H and O–H groups in total. The number of hydrogen-bond donors (Lipinski definition) is 1. The summed E-state index contributed by atoms with van der Waals surface area (Å²) in [6, 6.07) is 17.3. The first-order chi connectivity index (χ1) is 20.3. The number of rotatable bonds is 8. The average molecular weight is 573 g/mol. The van der Waals surface area contributed by atoms with Crippen LogP contribution < -0.4 is 14.4 Å². The van der Waals surface area contributed by atoms with Gasteiger partial charge in [-0.15, -0.1) is 0 Å². The van der Waals surface area contributed by atoms with E-state index in [2.05, 4.69) is 6.58 Å².